The highest BCUT2D eigenvalue weighted by Gasteiger charge is 2.53. The van der Waals surface area contributed by atoms with E-state index in [2.05, 4.69) is 6.58 Å². The standard InChI is InChI=1S/C15H18O5/c1-2-15-9-18-14(10-6-4-3-5-7-10)20-13(15)12(17)11(16)8-19-15/h2-7,11-14,16-17H,1,8-9H2. The molecule has 0 aromatic heterocycles. The second kappa shape index (κ2) is 5.27. The van der Waals surface area contributed by atoms with Gasteiger partial charge in [0.25, 0.3) is 0 Å². The predicted molar refractivity (Wildman–Crippen MR) is 70.9 cm³/mol. The molecule has 1 aromatic rings. The van der Waals surface area contributed by atoms with Gasteiger partial charge in [-0.15, -0.1) is 6.58 Å². The van der Waals surface area contributed by atoms with Crippen LogP contribution in [0.25, 0.3) is 0 Å². The molecule has 2 saturated heterocycles. The second-order valence-corrected chi connectivity index (χ2v) is 5.14. The molecule has 2 heterocycles. The van der Waals surface area contributed by atoms with Gasteiger partial charge >= 0.3 is 0 Å². The first kappa shape index (κ1) is 13.7. The van der Waals surface area contributed by atoms with Crippen molar-refractivity contribution in [2.45, 2.75) is 30.2 Å². The van der Waals surface area contributed by atoms with Gasteiger partial charge in [0.15, 0.2) is 6.29 Å². The molecule has 5 unspecified atom stereocenters. The third-order valence-corrected chi connectivity index (χ3v) is 3.86. The van der Waals surface area contributed by atoms with E-state index in [0.717, 1.165) is 5.56 Å². The van der Waals surface area contributed by atoms with E-state index >= 15 is 0 Å². The van der Waals surface area contributed by atoms with E-state index in [-0.39, 0.29) is 13.2 Å². The molecule has 0 amide bonds. The summed E-state index contributed by atoms with van der Waals surface area (Å²) in [6.07, 6.45) is -1.71. The summed E-state index contributed by atoms with van der Waals surface area (Å²) in [4.78, 5) is 0. The van der Waals surface area contributed by atoms with Crippen LogP contribution in [0.4, 0.5) is 0 Å². The van der Waals surface area contributed by atoms with Gasteiger partial charge in [-0.3, -0.25) is 0 Å². The minimum absolute atomic E-state index is 0.0341. The van der Waals surface area contributed by atoms with Gasteiger partial charge in [0.1, 0.15) is 23.9 Å². The Morgan fingerprint density at radius 2 is 2.00 bits per heavy atom. The lowest BCUT2D eigenvalue weighted by Gasteiger charge is -2.50. The molecular formula is C15H18O5. The van der Waals surface area contributed by atoms with Crippen LogP contribution in [0.3, 0.4) is 0 Å². The molecule has 5 nitrogen and oxygen atoms in total. The molecule has 5 atom stereocenters. The van der Waals surface area contributed by atoms with Crippen molar-refractivity contribution in [3.63, 3.8) is 0 Å². The lowest BCUT2D eigenvalue weighted by molar-refractivity contribution is -0.338. The average Bonchev–Trinajstić information content (AvgIpc) is 2.52. The van der Waals surface area contributed by atoms with Crippen LogP contribution in [-0.2, 0) is 14.2 Å². The van der Waals surface area contributed by atoms with Gasteiger partial charge in [-0.2, -0.15) is 0 Å². The van der Waals surface area contributed by atoms with Gasteiger partial charge in [-0.25, -0.2) is 0 Å². The Kier molecular flexibility index (Phi) is 3.62. The van der Waals surface area contributed by atoms with Crippen molar-refractivity contribution in [1.82, 2.24) is 0 Å². The maximum Gasteiger partial charge on any atom is 0.184 e. The topological polar surface area (TPSA) is 68.2 Å². The fourth-order valence-electron chi connectivity index (χ4n) is 2.63. The Balaban J connectivity index is 1.85. The fraction of sp³-hybridized carbons (Fsp3) is 0.467. The van der Waals surface area contributed by atoms with Gasteiger partial charge in [0.05, 0.1) is 13.2 Å². The molecule has 0 radical (unpaired) electrons. The van der Waals surface area contributed by atoms with Crippen molar-refractivity contribution >= 4 is 0 Å². The number of ether oxygens (including phenoxy) is 3. The summed E-state index contributed by atoms with van der Waals surface area (Å²) in [5, 5.41) is 19.9. The van der Waals surface area contributed by atoms with Crippen molar-refractivity contribution < 1.29 is 24.4 Å². The number of rotatable bonds is 2. The third kappa shape index (κ3) is 2.17. The highest BCUT2D eigenvalue weighted by molar-refractivity contribution is 5.18. The van der Waals surface area contributed by atoms with Crippen LogP contribution in [0.15, 0.2) is 43.0 Å². The van der Waals surface area contributed by atoms with E-state index in [9.17, 15) is 10.2 Å². The minimum Gasteiger partial charge on any atom is -0.388 e. The highest BCUT2D eigenvalue weighted by Crippen LogP contribution is 2.39. The number of aliphatic hydroxyl groups is 2. The highest BCUT2D eigenvalue weighted by atomic mass is 16.7. The molecule has 0 bridgehead atoms. The Labute approximate surface area is 117 Å². The predicted octanol–water partition coefficient (Wildman–Crippen LogP) is 0.777. The molecule has 2 aliphatic heterocycles. The fourth-order valence-corrected chi connectivity index (χ4v) is 2.63. The van der Waals surface area contributed by atoms with E-state index in [0.29, 0.717) is 0 Å². The van der Waals surface area contributed by atoms with Gasteiger partial charge < -0.3 is 24.4 Å². The first-order chi connectivity index (χ1) is 9.66. The normalized spacial score (nSPS) is 40.9. The van der Waals surface area contributed by atoms with E-state index in [4.69, 9.17) is 14.2 Å². The van der Waals surface area contributed by atoms with E-state index in [1.54, 1.807) is 6.08 Å². The van der Waals surface area contributed by atoms with Gasteiger partial charge in [-0.1, -0.05) is 36.4 Å². The number of hydrogen-bond acceptors (Lipinski definition) is 5. The molecule has 2 N–H and O–H groups in total. The van der Waals surface area contributed by atoms with Crippen molar-refractivity contribution in [2.75, 3.05) is 13.2 Å². The van der Waals surface area contributed by atoms with Gasteiger partial charge in [0, 0.05) is 5.56 Å². The second-order valence-electron chi connectivity index (χ2n) is 5.14. The van der Waals surface area contributed by atoms with Crippen molar-refractivity contribution in [3.05, 3.63) is 48.6 Å². The van der Waals surface area contributed by atoms with Gasteiger partial charge in [0.2, 0.25) is 0 Å². The van der Waals surface area contributed by atoms with Crippen LogP contribution in [0.2, 0.25) is 0 Å². The van der Waals surface area contributed by atoms with Crippen LogP contribution in [0.1, 0.15) is 11.9 Å². The molecule has 3 rings (SSSR count). The molecule has 5 heteroatoms. The smallest absolute Gasteiger partial charge is 0.184 e. The summed E-state index contributed by atoms with van der Waals surface area (Å²) in [6, 6.07) is 9.46. The zero-order valence-electron chi connectivity index (χ0n) is 11.0. The summed E-state index contributed by atoms with van der Waals surface area (Å²) >= 11 is 0. The summed E-state index contributed by atoms with van der Waals surface area (Å²) in [6.45, 7) is 4.00. The van der Waals surface area contributed by atoms with E-state index in [1.807, 2.05) is 30.3 Å². The number of aliphatic hydroxyl groups excluding tert-OH is 2. The number of benzene rings is 1. The molecule has 108 valence electrons. The summed E-state index contributed by atoms with van der Waals surface area (Å²) in [5.41, 5.74) is -0.0540. The third-order valence-electron chi connectivity index (χ3n) is 3.86. The quantitative estimate of drug-likeness (QED) is 0.782. The molecule has 2 aliphatic rings. The van der Waals surface area contributed by atoms with E-state index in [1.165, 1.54) is 0 Å². The lowest BCUT2D eigenvalue weighted by Crippen LogP contribution is -2.65. The van der Waals surface area contributed by atoms with Crippen molar-refractivity contribution in [3.8, 4) is 0 Å². The number of fused-ring (bicyclic) bond motifs is 1. The molecule has 0 saturated carbocycles. The lowest BCUT2D eigenvalue weighted by atomic mass is 9.87. The Morgan fingerprint density at radius 1 is 1.25 bits per heavy atom. The van der Waals surface area contributed by atoms with Gasteiger partial charge in [-0.05, 0) is 0 Å². The van der Waals surface area contributed by atoms with Crippen LogP contribution in [0, 0.1) is 0 Å². The molecule has 0 aliphatic carbocycles. The summed E-state index contributed by atoms with van der Waals surface area (Å²) in [7, 11) is 0. The maximum atomic E-state index is 10.2. The van der Waals surface area contributed by atoms with Crippen LogP contribution in [-0.4, -0.2) is 47.3 Å². The summed E-state index contributed by atoms with van der Waals surface area (Å²) in [5.74, 6) is 0. The monoisotopic (exact) mass is 278 g/mol. The van der Waals surface area contributed by atoms with Crippen LogP contribution >= 0.6 is 0 Å². The molecule has 0 spiro atoms. The maximum absolute atomic E-state index is 10.2. The minimum atomic E-state index is -1.03. The molecule has 2 fully saturated rings. The molecular weight excluding hydrogens is 260 g/mol. The SMILES string of the molecule is C=CC12COC(c3ccccc3)OC1C(O)C(O)CO2. The Morgan fingerprint density at radius 3 is 2.70 bits per heavy atom. The van der Waals surface area contributed by atoms with Crippen molar-refractivity contribution in [1.29, 1.82) is 0 Å². The zero-order valence-corrected chi connectivity index (χ0v) is 11.0. The first-order valence-electron chi connectivity index (χ1n) is 6.62. The largest absolute Gasteiger partial charge is 0.388 e. The Hall–Kier alpha value is -1.24. The first-order valence-corrected chi connectivity index (χ1v) is 6.62. The average molecular weight is 278 g/mol. The summed E-state index contributed by atoms with van der Waals surface area (Å²) < 4.78 is 17.1. The van der Waals surface area contributed by atoms with Crippen LogP contribution in [0.5, 0.6) is 0 Å². The molecule has 1 aromatic carbocycles. The van der Waals surface area contributed by atoms with E-state index < -0.39 is 30.2 Å². The molecule has 20 heavy (non-hydrogen) atoms. The zero-order chi connectivity index (χ0) is 14.2. The number of hydrogen-bond donors (Lipinski definition) is 2. The Bertz CT molecular complexity index is 476. The van der Waals surface area contributed by atoms with Crippen LogP contribution < -0.4 is 0 Å². The van der Waals surface area contributed by atoms with Crippen molar-refractivity contribution in [2.24, 2.45) is 0 Å².